The van der Waals surface area contributed by atoms with E-state index in [0.29, 0.717) is 11.5 Å². The molecule has 98 valence electrons. The third kappa shape index (κ3) is 2.92. The molecule has 1 aromatic heterocycles. The molecule has 0 fully saturated rings. The van der Waals surface area contributed by atoms with E-state index in [4.69, 9.17) is 9.52 Å². The number of nitrogens with zero attached hydrogens (tertiary/aromatic N) is 1. The van der Waals surface area contributed by atoms with Gasteiger partial charge >= 0.3 is 0 Å². The number of furan rings is 1. The highest BCUT2D eigenvalue weighted by Gasteiger charge is 2.11. The number of carbonyl (C=O) groups excluding carboxylic acids is 1. The molecule has 1 heterocycles. The number of rotatable bonds is 3. The molecular weight excluding hydrogens is 248 g/mol. The van der Waals surface area contributed by atoms with Crippen LogP contribution < -0.4 is 5.43 Å². The van der Waals surface area contributed by atoms with Gasteiger partial charge in [-0.15, -0.1) is 0 Å². The van der Waals surface area contributed by atoms with Gasteiger partial charge in [-0.2, -0.15) is 5.10 Å². The van der Waals surface area contributed by atoms with Crippen LogP contribution in [0, 0.1) is 0 Å². The molecule has 19 heavy (non-hydrogen) atoms. The van der Waals surface area contributed by atoms with Crippen LogP contribution in [0.2, 0.25) is 0 Å². The van der Waals surface area contributed by atoms with Crippen molar-refractivity contribution in [3.8, 4) is 11.5 Å². The molecule has 0 spiro atoms. The number of hydrogen-bond acceptors (Lipinski definition) is 5. The van der Waals surface area contributed by atoms with Crippen LogP contribution in [-0.4, -0.2) is 21.8 Å². The number of phenolic OH excluding ortho intramolecular Hbond substituents is 2. The topological polar surface area (TPSA) is 95.1 Å². The lowest BCUT2D eigenvalue weighted by Gasteiger charge is -2.04. The average Bonchev–Trinajstić information content (AvgIpc) is 2.89. The molecule has 0 aliphatic carbocycles. The predicted molar refractivity (Wildman–Crippen MR) is 68.2 cm³/mol. The summed E-state index contributed by atoms with van der Waals surface area (Å²) in [6.07, 6.45) is 1.50. The molecule has 0 saturated carbocycles. The Labute approximate surface area is 109 Å². The van der Waals surface area contributed by atoms with Crippen LogP contribution in [0.4, 0.5) is 0 Å². The minimum absolute atomic E-state index is 0.0220. The first-order valence-corrected chi connectivity index (χ1v) is 5.48. The van der Waals surface area contributed by atoms with E-state index in [-0.39, 0.29) is 17.1 Å². The number of hydrogen-bond donors (Lipinski definition) is 3. The van der Waals surface area contributed by atoms with Crippen molar-refractivity contribution in [1.82, 2.24) is 5.43 Å². The van der Waals surface area contributed by atoms with Crippen molar-refractivity contribution in [3.63, 3.8) is 0 Å². The summed E-state index contributed by atoms with van der Waals surface area (Å²) in [6.45, 7) is 1.68. The van der Waals surface area contributed by atoms with Crippen molar-refractivity contribution in [2.45, 2.75) is 6.92 Å². The lowest BCUT2D eigenvalue weighted by atomic mass is 10.2. The van der Waals surface area contributed by atoms with Gasteiger partial charge in [0.2, 0.25) is 0 Å². The van der Waals surface area contributed by atoms with Crippen molar-refractivity contribution in [3.05, 3.63) is 47.9 Å². The summed E-state index contributed by atoms with van der Waals surface area (Å²) in [6, 6.07) is 7.11. The minimum atomic E-state index is -0.580. The summed E-state index contributed by atoms with van der Waals surface area (Å²) in [7, 11) is 0. The van der Waals surface area contributed by atoms with E-state index >= 15 is 0 Å². The number of aromatic hydroxyl groups is 2. The van der Waals surface area contributed by atoms with E-state index in [1.54, 1.807) is 19.1 Å². The zero-order valence-corrected chi connectivity index (χ0v) is 10.1. The molecular formula is C13H12N2O4. The first-order chi connectivity index (χ1) is 9.08. The molecule has 0 aliphatic rings. The first kappa shape index (κ1) is 12.7. The zero-order chi connectivity index (χ0) is 13.8. The third-order valence-electron chi connectivity index (χ3n) is 2.43. The van der Waals surface area contributed by atoms with Crippen LogP contribution in [0.3, 0.4) is 0 Å². The quantitative estimate of drug-likeness (QED) is 0.579. The zero-order valence-electron chi connectivity index (χ0n) is 10.1. The van der Waals surface area contributed by atoms with Crippen molar-refractivity contribution in [2.24, 2.45) is 5.10 Å². The highest BCUT2D eigenvalue weighted by molar-refractivity contribution is 6.00. The van der Waals surface area contributed by atoms with Gasteiger partial charge in [-0.3, -0.25) is 4.79 Å². The van der Waals surface area contributed by atoms with E-state index < -0.39 is 5.91 Å². The van der Waals surface area contributed by atoms with Crippen molar-refractivity contribution < 1.29 is 19.4 Å². The number of carbonyl (C=O) groups is 1. The van der Waals surface area contributed by atoms with Crippen LogP contribution >= 0.6 is 0 Å². The minimum Gasteiger partial charge on any atom is -0.508 e. The van der Waals surface area contributed by atoms with Gasteiger partial charge in [0.05, 0.1) is 11.8 Å². The Hall–Kier alpha value is -2.76. The molecule has 0 atom stereocenters. The average molecular weight is 260 g/mol. The van der Waals surface area contributed by atoms with Gasteiger partial charge in [0.1, 0.15) is 23.0 Å². The third-order valence-corrected chi connectivity index (χ3v) is 2.43. The van der Waals surface area contributed by atoms with E-state index in [9.17, 15) is 9.90 Å². The van der Waals surface area contributed by atoms with Gasteiger partial charge in [-0.1, -0.05) is 0 Å². The molecule has 0 unspecified atom stereocenters. The van der Waals surface area contributed by atoms with Crippen LogP contribution in [0.15, 0.2) is 46.1 Å². The Balaban J connectivity index is 2.11. The van der Waals surface area contributed by atoms with Gasteiger partial charge in [-0.05, 0) is 31.2 Å². The Morgan fingerprint density at radius 1 is 1.32 bits per heavy atom. The van der Waals surface area contributed by atoms with Crippen molar-refractivity contribution in [2.75, 3.05) is 0 Å². The van der Waals surface area contributed by atoms with Gasteiger partial charge in [-0.25, -0.2) is 5.43 Å². The van der Waals surface area contributed by atoms with E-state index in [2.05, 4.69) is 10.5 Å². The number of hydrazone groups is 1. The largest absolute Gasteiger partial charge is 0.508 e. The smallest absolute Gasteiger partial charge is 0.275 e. The second kappa shape index (κ2) is 5.26. The Morgan fingerprint density at radius 3 is 2.74 bits per heavy atom. The maximum atomic E-state index is 11.8. The number of benzene rings is 1. The molecule has 6 heteroatoms. The summed E-state index contributed by atoms with van der Waals surface area (Å²) in [5.74, 6) is -0.480. The molecule has 0 radical (unpaired) electrons. The van der Waals surface area contributed by atoms with Gasteiger partial charge in [0.25, 0.3) is 5.91 Å². The summed E-state index contributed by atoms with van der Waals surface area (Å²) < 4.78 is 5.11. The van der Waals surface area contributed by atoms with Gasteiger partial charge in [0, 0.05) is 6.07 Å². The normalized spacial score (nSPS) is 11.3. The van der Waals surface area contributed by atoms with Crippen molar-refractivity contribution >= 4 is 11.6 Å². The monoisotopic (exact) mass is 260 g/mol. The standard InChI is InChI=1S/C13H12N2O4/c1-8(12-3-2-6-19-12)14-15-13(18)10-5-4-9(16)7-11(10)17/h2-7,16-17H,1H3,(H,15,18). The van der Waals surface area contributed by atoms with Crippen LogP contribution in [0.1, 0.15) is 23.0 Å². The van der Waals surface area contributed by atoms with Crippen LogP contribution in [-0.2, 0) is 0 Å². The first-order valence-electron chi connectivity index (χ1n) is 5.48. The van der Waals surface area contributed by atoms with E-state index in [0.717, 1.165) is 6.07 Å². The molecule has 2 rings (SSSR count). The fourth-order valence-electron chi connectivity index (χ4n) is 1.45. The fraction of sp³-hybridized carbons (Fsp3) is 0.0769. The lowest BCUT2D eigenvalue weighted by molar-refractivity contribution is 0.0952. The molecule has 6 nitrogen and oxygen atoms in total. The maximum absolute atomic E-state index is 11.8. The van der Waals surface area contributed by atoms with Crippen LogP contribution in [0.5, 0.6) is 11.5 Å². The molecule has 1 amide bonds. The second-order valence-electron chi connectivity index (χ2n) is 3.82. The second-order valence-corrected chi connectivity index (χ2v) is 3.82. The summed E-state index contributed by atoms with van der Waals surface area (Å²) >= 11 is 0. The van der Waals surface area contributed by atoms with E-state index in [1.165, 1.54) is 18.4 Å². The molecule has 1 aromatic carbocycles. The number of phenols is 2. The Kier molecular flexibility index (Phi) is 3.51. The fourth-order valence-corrected chi connectivity index (χ4v) is 1.45. The summed E-state index contributed by atoms with van der Waals surface area (Å²) in [5.41, 5.74) is 2.81. The summed E-state index contributed by atoms with van der Waals surface area (Å²) in [4.78, 5) is 11.8. The van der Waals surface area contributed by atoms with Crippen LogP contribution in [0.25, 0.3) is 0 Å². The SMILES string of the molecule is CC(=NNC(=O)c1ccc(O)cc1O)c1ccco1. The highest BCUT2D eigenvalue weighted by Crippen LogP contribution is 2.22. The Bertz CT molecular complexity index is 618. The molecule has 0 bridgehead atoms. The Morgan fingerprint density at radius 2 is 2.11 bits per heavy atom. The van der Waals surface area contributed by atoms with Crippen molar-refractivity contribution in [1.29, 1.82) is 0 Å². The predicted octanol–water partition coefficient (Wildman–Crippen LogP) is 1.84. The molecule has 2 aromatic rings. The lowest BCUT2D eigenvalue weighted by Crippen LogP contribution is -2.19. The van der Waals surface area contributed by atoms with Gasteiger partial charge in [0.15, 0.2) is 0 Å². The molecule has 0 aliphatic heterocycles. The number of nitrogens with one attached hydrogen (secondary N) is 1. The number of amides is 1. The maximum Gasteiger partial charge on any atom is 0.275 e. The van der Waals surface area contributed by atoms with E-state index in [1.807, 2.05) is 0 Å². The molecule has 0 saturated heterocycles. The summed E-state index contributed by atoms with van der Waals surface area (Å²) in [5, 5.41) is 22.5. The van der Waals surface area contributed by atoms with Gasteiger partial charge < -0.3 is 14.6 Å². The molecule has 3 N–H and O–H groups in total. The highest BCUT2D eigenvalue weighted by atomic mass is 16.3.